The highest BCUT2D eigenvalue weighted by molar-refractivity contribution is 6.30. The lowest BCUT2D eigenvalue weighted by atomic mass is 10.0. The molecule has 0 atom stereocenters. The summed E-state index contributed by atoms with van der Waals surface area (Å²) >= 11 is 5.82. The first-order valence-corrected chi connectivity index (χ1v) is 4.35. The lowest BCUT2D eigenvalue weighted by Gasteiger charge is -2.04. The molecule has 0 amide bonds. The van der Waals surface area contributed by atoms with Crippen molar-refractivity contribution in [2.45, 2.75) is 6.42 Å². The second kappa shape index (κ2) is 3.23. The minimum absolute atomic E-state index is 0.251. The molecule has 0 aliphatic carbocycles. The fourth-order valence-electron chi connectivity index (χ4n) is 1.29. The van der Waals surface area contributed by atoms with Crippen LogP contribution in [-0.2, 0) is 0 Å². The number of nitrogens with zero attached hydrogens (tertiary/aromatic N) is 1. The molecule has 13 heavy (non-hydrogen) atoms. The Morgan fingerprint density at radius 2 is 2.23 bits per heavy atom. The van der Waals surface area contributed by atoms with Gasteiger partial charge in [0, 0.05) is 29.4 Å². The molecular formula is C10H8ClNO. The predicted molar refractivity (Wildman–Crippen MR) is 54.2 cm³/mol. The molecule has 0 radical (unpaired) electrons. The summed E-state index contributed by atoms with van der Waals surface area (Å²) in [5, 5.41) is 10.2. The monoisotopic (exact) mass is 193 g/mol. The van der Waals surface area contributed by atoms with Crippen LogP contribution in [0, 0.1) is 0 Å². The third kappa shape index (κ3) is 1.58. The van der Waals surface area contributed by atoms with Crippen LogP contribution in [0.1, 0.15) is 12.0 Å². The van der Waals surface area contributed by atoms with Crippen molar-refractivity contribution in [1.29, 1.82) is 0 Å². The van der Waals surface area contributed by atoms with Crippen molar-refractivity contribution in [2.24, 2.45) is 4.99 Å². The first-order valence-electron chi connectivity index (χ1n) is 3.97. The quantitative estimate of drug-likeness (QED) is 0.731. The van der Waals surface area contributed by atoms with E-state index >= 15 is 0 Å². The molecule has 1 aromatic carbocycles. The van der Waals surface area contributed by atoms with Gasteiger partial charge in [-0.3, -0.25) is 4.99 Å². The Hall–Kier alpha value is -1.28. The summed E-state index contributed by atoms with van der Waals surface area (Å²) in [6.45, 7) is 0. The maximum absolute atomic E-state index is 9.54. The van der Waals surface area contributed by atoms with E-state index < -0.39 is 0 Å². The van der Waals surface area contributed by atoms with E-state index in [0.29, 0.717) is 5.02 Å². The summed E-state index contributed by atoms with van der Waals surface area (Å²) < 4.78 is 0. The van der Waals surface area contributed by atoms with Gasteiger partial charge in [-0.05, 0) is 23.8 Å². The van der Waals surface area contributed by atoms with Gasteiger partial charge in [0.15, 0.2) is 0 Å². The van der Waals surface area contributed by atoms with Gasteiger partial charge in [-0.2, -0.15) is 0 Å². The number of halogens is 1. The Morgan fingerprint density at radius 3 is 2.92 bits per heavy atom. The Bertz CT molecular complexity index is 396. The first-order chi connectivity index (χ1) is 6.27. The summed E-state index contributed by atoms with van der Waals surface area (Å²) in [6, 6.07) is 5.00. The van der Waals surface area contributed by atoms with Crippen molar-refractivity contribution in [1.82, 2.24) is 0 Å². The van der Waals surface area contributed by atoms with Crippen molar-refractivity contribution in [3.8, 4) is 5.75 Å². The van der Waals surface area contributed by atoms with Gasteiger partial charge in [0.2, 0.25) is 0 Å². The summed E-state index contributed by atoms with van der Waals surface area (Å²) in [5.74, 6) is 0.251. The molecule has 1 heterocycles. The summed E-state index contributed by atoms with van der Waals surface area (Å²) in [5.41, 5.74) is 1.77. The standard InChI is InChI=1S/C10H8ClNO/c11-8-1-2-10(13)9(5-8)7-3-4-12-6-7/h1-2,4-6,13H,3H2. The summed E-state index contributed by atoms with van der Waals surface area (Å²) in [6.07, 6.45) is 4.30. The Morgan fingerprint density at radius 1 is 1.38 bits per heavy atom. The zero-order valence-corrected chi connectivity index (χ0v) is 7.62. The molecule has 66 valence electrons. The number of aliphatic imine (C=N–C) groups is 1. The molecule has 0 bridgehead atoms. The SMILES string of the molecule is Oc1ccc(Cl)cc1C1=CN=CC1. The second-order valence-electron chi connectivity index (χ2n) is 2.85. The van der Waals surface area contributed by atoms with Crippen LogP contribution in [0.4, 0.5) is 0 Å². The van der Waals surface area contributed by atoms with Crippen LogP contribution < -0.4 is 0 Å². The molecule has 3 heteroatoms. The zero-order valence-electron chi connectivity index (χ0n) is 6.87. The molecule has 0 fully saturated rings. The van der Waals surface area contributed by atoms with Gasteiger partial charge in [0.1, 0.15) is 5.75 Å². The molecule has 2 rings (SSSR count). The third-order valence-electron chi connectivity index (χ3n) is 1.95. The van der Waals surface area contributed by atoms with E-state index in [2.05, 4.69) is 4.99 Å². The van der Waals surface area contributed by atoms with Crippen LogP contribution >= 0.6 is 11.6 Å². The van der Waals surface area contributed by atoms with Gasteiger partial charge in [-0.25, -0.2) is 0 Å². The highest BCUT2D eigenvalue weighted by atomic mass is 35.5. The molecule has 0 unspecified atom stereocenters. The van der Waals surface area contributed by atoms with Crippen LogP contribution in [-0.4, -0.2) is 11.3 Å². The van der Waals surface area contributed by atoms with Crippen LogP contribution in [0.25, 0.3) is 5.57 Å². The van der Waals surface area contributed by atoms with E-state index in [1.54, 1.807) is 30.6 Å². The van der Waals surface area contributed by atoms with Crippen molar-refractivity contribution in [2.75, 3.05) is 0 Å². The van der Waals surface area contributed by atoms with E-state index in [4.69, 9.17) is 11.6 Å². The smallest absolute Gasteiger partial charge is 0.123 e. The minimum Gasteiger partial charge on any atom is -0.507 e. The van der Waals surface area contributed by atoms with Gasteiger partial charge >= 0.3 is 0 Å². The van der Waals surface area contributed by atoms with Crippen LogP contribution in [0.3, 0.4) is 0 Å². The molecule has 0 saturated heterocycles. The minimum atomic E-state index is 0.251. The number of hydrogen-bond acceptors (Lipinski definition) is 2. The van der Waals surface area contributed by atoms with E-state index in [1.165, 1.54) is 0 Å². The highest BCUT2D eigenvalue weighted by Crippen LogP contribution is 2.31. The average Bonchev–Trinajstić information content (AvgIpc) is 2.61. The molecule has 1 N–H and O–H groups in total. The normalized spacial score (nSPS) is 14.7. The molecule has 1 aromatic rings. The number of hydrogen-bond donors (Lipinski definition) is 1. The van der Waals surface area contributed by atoms with E-state index in [-0.39, 0.29) is 5.75 Å². The lowest BCUT2D eigenvalue weighted by Crippen LogP contribution is -1.83. The molecular weight excluding hydrogens is 186 g/mol. The van der Waals surface area contributed by atoms with Gasteiger partial charge in [0.05, 0.1) is 0 Å². The predicted octanol–water partition coefficient (Wildman–Crippen LogP) is 2.86. The van der Waals surface area contributed by atoms with Gasteiger partial charge < -0.3 is 5.11 Å². The Balaban J connectivity index is 2.45. The Kier molecular flexibility index (Phi) is 2.07. The molecule has 1 aliphatic heterocycles. The maximum Gasteiger partial charge on any atom is 0.123 e. The number of phenolic OH excluding ortho intramolecular Hbond substituents is 1. The van der Waals surface area contributed by atoms with Crippen LogP contribution in [0.15, 0.2) is 29.4 Å². The van der Waals surface area contributed by atoms with Crippen molar-refractivity contribution in [3.63, 3.8) is 0 Å². The summed E-state index contributed by atoms with van der Waals surface area (Å²) in [4.78, 5) is 3.97. The van der Waals surface area contributed by atoms with Gasteiger partial charge in [-0.1, -0.05) is 11.6 Å². The highest BCUT2D eigenvalue weighted by Gasteiger charge is 2.09. The third-order valence-corrected chi connectivity index (χ3v) is 2.19. The van der Waals surface area contributed by atoms with Crippen molar-refractivity contribution >= 4 is 23.4 Å². The van der Waals surface area contributed by atoms with Gasteiger partial charge in [-0.15, -0.1) is 0 Å². The zero-order chi connectivity index (χ0) is 9.26. The molecule has 0 spiro atoms. The lowest BCUT2D eigenvalue weighted by molar-refractivity contribution is 0.473. The topological polar surface area (TPSA) is 32.6 Å². The molecule has 0 saturated carbocycles. The maximum atomic E-state index is 9.54. The molecule has 1 aliphatic rings. The van der Waals surface area contributed by atoms with Crippen molar-refractivity contribution in [3.05, 3.63) is 35.0 Å². The van der Waals surface area contributed by atoms with Gasteiger partial charge in [0.25, 0.3) is 0 Å². The fourth-order valence-corrected chi connectivity index (χ4v) is 1.46. The molecule has 0 aromatic heterocycles. The van der Waals surface area contributed by atoms with E-state index in [0.717, 1.165) is 17.6 Å². The summed E-state index contributed by atoms with van der Waals surface area (Å²) in [7, 11) is 0. The van der Waals surface area contributed by atoms with Crippen molar-refractivity contribution < 1.29 is 5.11 Å². The average molecular weight is 194 g/mol. The van der Waals surface area contributed by atoms with E-state index in [1.807, 2.05) is 0 Å². The van der Waals surface area contributed by atoms with Crippen LogP contribution in [0.5, 0.6) is 5.75 Å². The largest absolute Gasteiger partial charge is 0.507 e. The number of benzene rings is 1. The first kappa shape index (κ1) is 8.32. The van der Waals surface area contributed by atoms with E-state index in [9.17, 15) is 5.11 Å². The number of allylic oxidation sites excluding steroid dienone is 1. The number of phenols is 1. The number of aromatic hydroxyl groups is 1. The second-order valence-corrected chi connectivity index (χ2v) is 3.29. The Labute approximate surface area is 81.2 Å². The number of rotatable bonds is 1. The fraction of sp³-hybridized carbons (Fsp3) is 0.100. The molecule has 2 nitrogen and oxygen atoms in total. The van der Waals surface area contributed by atoms with Crippen LogP contribution in [0.2, 0.25) is 5.02 Å².